The summed E-state index contributed by atoms with van der Waals surface area (Å²) in [5.41, 5.74) is 0. The molecule has 28 heavy (non-hydrogen) atoms. The summed E-state index contributed by atoms with van der Waals surface area (Å²) >= 11 is 0. The SMILES string of the molecule is C=C(OC1CCC(CCCCC)CC1)C1CCC(OCCCCCCC)CC1. The van der Waals surface area contributed by atoms with E-state index >= 15 is 0 Å². The summed E-state index contributed by atoms with van der Waals surface area (Å²) < 4.78 is 12.5. The molecule has 2 nitrogen and oxygen atoms in total. The van der Waals surface area contributed by atoms with E-state index in [2.05, 4.69) is 20.4 Å². The maximum Gasteiger partial charge on any atom is 0.0982 e. The van der Waals surface area contributed by atoms with Gasteiger partial charge in [-0.2, -0.15) is 0 Å². The lowest BCUT2D eigenvalue weighted by molar-refractivity contribution is 0.00261. The summed E-state index contributed by atoms with van der Waals surface area (Å²) in [6.45, 7) is 9.84. The van der Waals surface area contributed by atoms with E-state index < -0.39 is 0 Å². The Morgan fingerprint density at radius 2 is 1.32 bits per heavy atom. The molecule has 0 heterocycles. The van der Waals surface area contributed by atoms with Crippen LogP contribution in [-0.2, 0) is 9.47 Å². The lowest BCUT2D eigenvalue weighted by Crippen LogP contribution is -2.26. The molecule has 0 radical (unpaired) electrons. The highest BCUT2D eigenvalue weighted by molar-refractivity contribution is 4.95. The van der Waals surface area contributed by atoms with Crippen LogP contribution in [0, 0.1) is 11.8 Å². The van der Waals surface area contributed by atoms with E-state index in [9.17, 15) is 0 Å². The molecule has 0 aliphatic heterocycles. The van der Waals surface area contributed by atoms with E-state index in [1.54, 1.807) is 0 Å². The van der Waals surface area contributed by atoms with Crippen molar-refractivity contribution < 1.29 is 9.47 Å². The molecule has 0 atom stereocenters. The Morgan fingerprint density at radius 3 is 2.00 bits per heavy atom. The van der Waals surface area contributed by atoms with Gasteiger partial charge in [-0.05, 0) is 63.7 Å². The third-order valence-corrected chi connectivity index (χ3v) is 7.06. The third kappa shape index (κ3) is 9.33. The number of ether oxygens (including phenoxy) is 2. The second kappa shape index (κ2) is 14.5. The smallest absolute Gasteiger partial charge is 0.0982 e. The zero-order valence-electron chi connectivity index (χ0n) is 19.1. The molecule has 0 amide bonds. The normalized spacial score (nSPS) is 28.2. The van der Waals surface area contributed by atoms with Crippen LogP contribution in [0.1, 0.15) is 123 Å². The quantitative estimate of drug-likeness (QED) is 0.219. The van der Waals surface area contributed by atoms with E-state index in [1.165, 1.54) is 109 Å². The fourth-order valence-corrected chi connectivity index (χ4v) is 5.04. The number of rotatable bonds is 14. The van der Waals surface area contributed by atoms with Crippen LogP contribution >= 0.6 is 0 Å². The maximum absolute atomic E-state index is 6.34. The Kier molecular flexibility index (Phi) is 12.3. The number of hydrogen-bond donors (Lipinski definition) is 0. The molecule has 2 saturated carbocycles. The van der Waals surface area contributed by atoms with E-state index in [0.29, 0.717) is 18.1 Å². The van der Waals surface area contributed by atoms with Gasteiger partial charge in [0.1, 0.15) is 0 Å². The van der Waals surface area contributed by atoms with Gasteiger partial charge in [-0.25, -0.2) is 0 Å². The third-order valence-electron chi connectivity index (χ3n) is 7.06. The Bertz CT molecular complexity index is 389. The van der Waals surface area contributed by atoms with Gasteiger partial charge in [-0.1, -0.05) is 71.8 Å². The number of hydrogen-bond acceptors (Lipinski definition) is 2. The highest BCUT2D eigenvalue weighted by Gasteiger charge is 2.27. The summed E-state index contributed by atoms with van der Waals surface area (Å²) in [7, 11) is 0. The fraction of sp³-hybridized carbons (Fsp3) is 0.923. The predicted molar refractivity (Wildman–Crippen MR) is 121 cm³/mol. The highest BCUT2D eigenvalue weighted by Crippen LogP contribution is 2.35. The molecule has 2 aliphatic carbocycles. The lowest BCUT2D eigenvalue weighted by atomic mass is 9.83. The zero-order valence-corrected chi connectivity index (χ0v) is 19.1. The molecule has 0 bridgehead atoms. The summed E-state index contributed by atoms with van der Waals surface area (Å²) in [4.78, 5) is 0. The first kappa shape index (κ1) is 23.8. The highest BCUT2D eigenvalue weighted by atomic mass is 16.5. The second-order valence-corrected chi connectivity index (χ2v) is 9.48. The maximum atomic E-state index is 6.34. The van der Waals surface area contributed by atoms with E-state index in [4.69, 9.17) is 9.47 Å². The van der Waals surface area contributed by atoms with Crippen LogP contribution in [0.5, 0.6) is 0 Å². The molecular formula is C26H48O2. The number of unbranched alkanes of at least 4 members (excludes halogenated alkanes) is 6. The van der Waals surface area contributed by atoms with Crippen LogP contribution in [-0.4, -0.2) is 18.8 Å². The first-order valence-electron chi connectivity index (χ1n) is 12.7. The molecule has 0 aromatic rings. The monoisotopic (exact) mass is 392 g/mol. The fourth-order valence-electron chi connectivity index (χ4n) is 5.04. The van der Waals surface area contributed by atoms with Crippen molar-refractivity contribution in [3.8, 4) is 0 Å². The Balaban J connectivity index is 1.52. The predicted octanol–water partition coefficient (Wildman–Crippen LogP) is 8.20. The van der Waals surface area contributed by atoms with Gasteiger partial charge in [0.25, 0.3) is 0 Å². The van der Waals surface area contributed by atoms with Gasteiger partial charge in [-0.3, -0.25) is 0 Å². The van der Waals surface area contributed by atoms with E-state index in [-0.39, 0.29) is 0 Å². The van der Waals surface area contributed by atoms with Crippen molar-refractivity contribution in [2.24, 2.45) is 11.8 Å². The van der Waals surface area contributed by atoms with Crippen molar-refractivity contribution in [2.45, 2.75) is 135 Å². The largest absolute Gasteiger partial charge is 0.495 e. The first-order chi connectivity index (χ1) is 13.7. The second-order valence-electron chi connectivity index (χ2n) is 9.48. The Hall–Kier alpha value is -0.500. The zero-order chi connectivity index (χ0) is 20.0. The molecule has 164 valence electrons. The molecular weight excluding hydrogens is 344 g/mol. The van der Waals surface area contributed by atoms with Crippen LogP contribution in [0.4, 0.5) is 0 Å². The first-order valence-corrected chi connectivity index (χ1v) is 12.7. The summed E-state index contributed by atoms with van der Waals surface area (Å²) in [6.07, 6.45) is 23.1. The molecule has 2 rings (SSSR count). The average molecular weight is 393 g/mol. The van der Waals surface area contributed by atoms with Crippen molar-refractivity contribution in [2.75, 3.05) is 6.61 Å². The Morgan fingerprint density at radius 1 is 0.714 bits per heavy atom. The lowest BCUT2D eigenvalue weighted by Gasteiger charge is -2.34. The minimum Gasteiger partial charge on any atom is -0.495 e. The summed E-state index contributed by atoms with van der Waals surface area (Å²) in [5.74, 6) is 2.59. The minimum absolute atomic E-state index is 0.437. The molecule has 2 fully saturated rings. The topological polar surface area (TPSA) is 18.5 Å². The van der Waals surface area contributed by atoms with Crippen molar-refractivity contribution in [3.63, 3.8) is 0 Å². The molecule has 0 spiro atoms. The van der Waals surface area contributed by atoms with Crippen molar-refractivity contribution in [1.29, 1.82) is 0 Å². The van der Waals surface area contributed by atoms with Gasteiger partial charge in [0.15, 0.2) is 0 Å². The minimum atomic E-state index is 0.437. The Labute approximate surface area is 175 Å². The molecule has 0 aromatic carbocycles. The molecule has 0 saturated heterocycles. The van der Waals surface area contributed by atoms with Crippen molar-refractivity contribution >= 4 is 0 Å². The molecule has 0 N–H and O–H groups in total. The standard InChI is InChI=1S/C26H48O2/c1-4-6-8-9-11-21-27-25-19-15-24(16-20-25)22(3)28-26-17-13-23(14-18-26)12-10-7-5-2/h23-26H,3-21H2,1-2H3. The van der Waals surface area contributed by atoms with Gasteiger partial charge in [0.2, 0.25) is 0 Å². The molecule has 0 unspecified atom stereocenters. The van der Waals surface area contributed by atoms with Gasteiger partial charge in [0, 0.05) is 12.5 Å². The molecule has 2 aliphatic rings. The van der Waals surface area contributed by atoms with Crippen LogP contribution in [0.25, 0.3) is 0 Å². The van der Waals surface area contributed by atoms with Gasteiger partial charge in [-0.15, -0.1) is 0 Å². The summed E-state index contributed by atoms with van der Waals surface area (Å²) in [5, 5.41) is 0. The van der Waals surface area contributed by atoms with Crippen molar-refractivity contribution in [1.82, 2.24) is 0 Å². The average Bonchev–Trinajstić information content (AvgIpc) is 2.72. The van der Waals surface area contributed by atoms with Crippen LogP contribution < -0.4 is 0 Å². The van der Waals surface area contributed by atoms with Crippen LogP contribution in [0.2, 0.25) is 0 Å². The van der Waals surface area contributed by atoms with E-state index in [1.807, 2.05) is 0 Å². The van der Waals surface area contributed by atoms with Crippen LogP contribution in [0.15, 0.2) is 12.3 Å². The molecule has 2 heteroatoms. The van der Waals surface area contributed by atoms with Crippen LogP contribution in [0.3, 0.4) is 0 Å². The van der Waals surface area contributed by atoms with Crippen molar-refractivity contribution in [3.05, 3.63) is 12.3 Å². The van der Waals surface area contributed by atoms with Gasteiger partial charge in [0.05, 0.1) is 18.0 Å². The number of allylic oxidation sites excluding steroid dienone is 1. The van der Waals surface area contributed by atoms with Gasteiger partial charge >= 0.3 is 0 Å². The van der Waals surface area contributed by atoms with Gasteiger partial charge < -0.3 is 9.47 Å². The summed E-state index contributed by atoms with van der Waals surface area (Å²) in [6, 6.07) is 0. The van der Waals surface area contributed by atoms with E-state index in [0.717, 1.165) is 18.3 Å². The molecule has 0 aromatic heterocycles.